The highest BCUT2D eigenvalue weighted by Gasteiger charge is 2.13. The zero-order valence-electron chi connectivity index (χ0n) is 13.5. The first-order valence-corrected chi connectivity index (χ1v) is 7.62. The fraction of sp³-hybridized carbons (Fsp3) is 0.312. The molecule has 8 N–H and O–H groups in total. The Labute approximate surface area is 139 Å². The van der Waals surface area contributed by atoms with Crippen LogP contribution in [0.3, 0.4) is 0 Å². The molecule has 128 valence electrons. The molecular weight excluding hydrogens is 308 g/mol. The lowest BCUT2D eigenvalue weighted by Crippen LogP contribution is -2.35. The number of nitrogens with two attached hydrogens (primary N) is 3. The topological polar surface area (TPSA) is 152 Å². The van der Waals surface area contributed by atoms with Crippen LogP contribution in [-0.2, 0) is 4.79 Å². The van der Waals surface area contributed by atoms with Gasteiger partial charge in [0, 0.05) is 23.7 Å². The van der Waals surface area contributed by atoms with E-state index in [0.29, 0.717) is 30.6 Å². The molecule has 1 aromatic heterocycles. The smallest absolute Gasteiger partial charge is 0.248 e. The fourth-order valence-corrected chi connectivity index (χ4v) is 2.40. The van der Waals surface area contributed by atoms with Crippen LogP contribution in [0.5, 0.6) is 0 Å². The summed E-state index contributed by atoms with van der Waals surface area (Å²) in [5.41, 5.74) is 18.3. The summed E-state index contributed by atoms with van der Waals surface area (Å²) in [5, 5.41) is 3.68. The molecule has 0 aliphatic rings. The van der Waals surface area contributed by atoms with Gasteiger partial charge < -0.3 is 27.5 Å². The van der Waals surface area contributed by atoms with Gasteiger partial charge in [0.25, 0.3) is 0 Å². The molecule has 1 aromatic carbocycles. The summed E-state index contributed by atoms with van der Waals surface area (Å²) < 4.78 is 0. The van der Waals surface area contributed by atoms with Gasteiger partial charge in [-0.2, -0.15) is 0 Å². The molecule has 0 spiro atoms. The van der Waals surface area contributed by atoms with Crippen LogP contribution in [0.2, 0.25) is 0 Å². The number of pyridine rings is 1. The Morgan fingerprint density at radius 1 is 1.33 bits per heavy atom. The average molecular weight is 330 g/mol. The maximum Gasteiger partial charge on any atom is 0.248 e. The fourth-order valence-electron chi connectivity index (χ4n) is 2.40. The molecule has 0 aliphatic carbocycles. The molecule has 0 saturated carbocycles. The van der Waals surface area contributed by atoms with Crippen molar-refractivity contribution in [1.82, 2.24) is 4.98 Å². The Morgan fingerprint density at radius 2 is 2.08 bits per heavy atom. The number of nitrogens with zero attached hydrogens (tertiary/aromatic N) is 1. The Hall–Kier alpha value is -2.87. The highest BCUT2D eigenvalue weighted by Crippen LogP contribution is 2.19. The molecule has 1 atom stereocenters. The lowest BCUT2D eigenvalue weighted by Gasteiger charge is -2.12. The van der Waals surface area contributed by atoms with Crippen LogP contribution in [0.15, 0.2) is 34.1 Å². The van der Waals surface area contributed by atoms with Gasteiger partial charge in [0.05, 0.1) is 11.6 Å². The second-order valence-corrected chi connectivity index (χ2v) is 5.62. The minimum absolute atomic E-state index is 0.0217. The van der Waals surface area contributed by atoms with E-state index in [0.717, 1.165) is 10.9 Å². The summed E-state index contributed by atoms with van der Waals surface area (Å²) in [6, 6.07) is 6.21. The van der Waals surface area contributed by atoms with E-state index in [1.54, 1.807) is 12.1 Å². The Balaban J connectivity index is 2.02. The number of carbonyl (C=O) groups is 1. The van der Waals surface area contributed by atoms with Crippen molar-refractivity contribution in [2.45, 2.75) is 25.8 Å². The quantitative estimate of drug-likeness (QED) is 0.290. The van der Waals surface area contributed by atoms with Crippen molar-refractivity contribution >= 4 is 28.5 Å². The molecule has 0 bridgehead atoms. The number of aromatic nitrogens is 1. The number of nitrogens with one attached hydrogen (secondary N) is 2. The Bertz CT molecular complexity index is 823. The molecule has 0 radical (unpaired) electrons. The van der Waals surface area contributed by atoms with Crippen molar-refractivity contribution in [2.75, 3.05) is 11.9 Å². The molecule has 2 aromatic rings. The van der Waals surface area contributed by atoms with Crippen molar-refractivity contribution in [3.63, 3.8) is 0 Å². The van der Waals surface area contributed by atoms with Crippen LogP contribution in [0, 0.1) is 6.92 Å². The van der Waals surface area contributed by atoms with Gasteiger partial charge in [-0.15, -0.1) is 0 Å². The number of H-pyrrole nitrogens is 1. The molecular formula is C16H22N6O2. The zero-order valence-corrected chi connectivity index (χ0v) is 13.5. The Morgan fingerprint density at radius 3 is 2.79 bits per heavy atom. The third kappa shape index (κ3) is 4.56. The highest BCUT2D eigenvalue weighted by molar-refractivity contribution is 5.96. The van der Waals surface area contributed by atoms with E-state index in [-0.39, 0.29) is 17.4 Å². The van der Waals surface area contributed by atoms with Gasteiger partial charge in [-0.1, -0.05) is 6.07 Å². The SMILES string of the molecule is Cc1cc(=O)[nH]c2cc(NC(=O)[C@@H](N)CCCN=C(N)N)ccc12. The van der Waals surface area contributed by atoms with Crippen molar-refractivity contribution < 1.29 is 4.79 Å². The van der Waals surface area contributed by atoms with Crippen molar-refractivity contribution in [1.29, 1.82) is 0 Å². The predicted octanol–water partition coefficient (Wildman–Crippen LogP) is 0.156. The zero-order chi connectivity index (χ0) is 17.7. The van der Waals surface area contributed by atoms with E-state index in [9.17, 15) is 9.59 Å². The van der Waals surface area contributed by atoms with Crippen molar-refractivity contribution in [3.05, 3.63) is 40.2 Å². The summed E-state index contributed by atoms with van der Waals surface area (Å²) in [5.74, 6) is -0.275. The number of fused-ring (bicyclic) bond motifs is 1. The van der Waals surface area contributed by atoms with Gasteiger partial charge in [0.15, 0.2) is 5.96 Å². The van der Waals surface area contributed by atoms with Crippen molar-refractivity contribution in [3.8, 4) is 0 Å². The van der Waals surface area contributed by atoms with Gasteiger partial charge in [-0.25, -0.2) is 0 Å². The number of benzene rings is 1. The van der Waals surface area contributed by atoms with E-state index in [1.807, 2.05) is 13.0 Å². The van der Waals surface area contributed by atoms with Crippen molar-refractivity contribution in [2.24, 2.45) is 22.2 Å². The van der Waals surface area contributed by atoms with Crippen LogP contribution in [0.1, 0.15) is 18.4 Å². The molecule has 8 heteroatoms. The lowest BCUT2D eigenvalue weighted by atomic mass is 10.1. The first kappa shape index (κ1) is 17.5. The molecule has 8 nitrogen and oxygen atoms in total. The average Bonchev–Trinajstić information content (AvgIpc) is 2.50. The number of aromatic amines is 1. The van der Waals surface area contributed by atoms with E-state index in [2.05, 4.69) is 15.3 Å². The molecule has 0 fully saturated rings. The standard InChI is InChI=1S/C16H22N6O2/c1-9-7-14(23)22-13-8-10(4-5-11(9)13)21-15(24)12(17)3-2-6-20-16(18)19/h4-5,7-8,12H,2-3,6,17H2,1H3,(H,21,24)(H,22,23)(H4,18,19,20)/t12-/m0/s1. The summed E-state index contributed by atoms with van der Waals surface area (Å²) in [6.45, 7) is 2.29. The van der Waals surface area contributed by atoms with E-state index in [1.165, 1.54) is 6.07 Å². The number of guanidine groups is 1. The van der Waals surface area contributed by atoms with Crippen LogP contribution < -0.4 is 28.1 Å². The minimum Gasteiger partial charge on any atom is -0.370 e. The molecule has 0 unspecified atom stereocenters. The van der Waals surface area contributed by atoms with Gasteiger partial charge in [-0.05, 0) is 37.5 Å². The van der Waals surface area contributed by atoms with Crippen LogP contribution in [0.25, 0.3) is 10.9 Å². The minimum atomic E-state index is -0.661. The van der Waals surface area contributed by atoms with Crippen LogP contribution in [0.4, 0.5) is 5.69 Å². The Kier molecular flexibility index (Phi) is 5.54. The summed E-state index contributed by atoms with van der Waals surface area (Å²) in [4.78, 5) is 30.3. The highest BCUT2D eigenvalue weighted by atomic mass is 16.2. The van der Waals surface area contributed by atoms with Gasteiger partial charge in [-0.3, -0.25) is 14.6 Å². The number of anilines is 1. The molecule has 2 rings (SSSR count). The number of hydrogen-bond donors (Lipinski definition) is 5. The summed E-state index contributed by atoms with van der Waals surface area (Å²) in [7, 11) is 0. The lowest BCUT2D eigenvalue weighted by molar-refractivity contribution is -0.117. The number of amides is 1. The third-order valence-electron chi connectivity index (χ3n) is 3.62. The maximum absolute atomic E-state index is 12.1. The monoisotopic (exact) mass is 330 g/mol. The maximum atomic E-state index is 12.1. The van der Waals surface area contributed by atoms with E-state index >= 15 is 0 Å². The second-order valence-electron chi connectivity index (χ2n) is 5.62. The van der Waals surface area contributed by atoms with Gasteiger partial charge in [0.1, 0.15) is 0 Å². The third-order valence-corrected chi connectivity index (χ3v) is 3.62. The molecule has 24 heavy (non-hydrogen) atoms. The molecule has 0 aliphatic heterocycles. The molecule has 1 amide bonds. The predicted molar refractivity (Wildman–Crippen MR) is 95.8 cm³/mol. The normalized spacial score (nSPS) is 11.9. The van der Waals surface area contributed by atoms with E-state index < -0.39 is 6.04 Å². The second kappa shape index (κ2) is 7.60. The summed E-state index contributed by atoms with van der Waals surface area (Å²) >= 11 is 0. The molecule has 0 saturated heterocycles. The first-order valence-electron chi connectivity index (χ1n) is 7.62. The number of aliphatic imine (C=N–C) groups is 1. The van der Waals surface area contributed by atoms with Crippen LogP contribution in [-0.4, -0.2) is 29.4 Å². The summed E-state index contributed by atoms with van der Waals surface area (Å²) in [6.07, 6.45) is 1.07. The first-order chi connectivity index (χ1) is 11.4. The van der Waals surface area contributed by atoms with Gasteiger partial charge >= 0.3 is 0 Å². The number of rotatable bonds is 6. The largest absolute Gasteiger partial charge is 0.370 e. The number of hydrogen-bond acceptors (Lipinski definition) is 4. The number of carbonyl (C=O) groups excluding carboxylic acids is 1. The van der Waals surface area contributed by atoms with Gasteiger partial charge in [0.2, 0.25) is 11.5 Å². The molecule has 1 heterocycles. The van der Waals surface area contributed by atoms with E-state index in [4.69, 9.17) is 17.2 Å². The number of aryl methyl sites for hydroxylation is 1. The van der Waals surface area contributed by atoms with Crippen LogP contribution >= 0.6 is 0 Å².